The first-order valence-electron chi connectivity index (χ1n) is 5.38. The van der Waals surface area contributed by atoms with Crippen LogP contribution in [0.2, 0.25) is 0 Å². The third kappa shape index (κ3) is 1.34. The molecule has 0 saturated heterocycles. The summed E-state index contributed by atoms with van der Waals surface area (Å²) in [6.07, 6.45) is 0. The molecule has 0 radical (unpaired) electrons. The molecule has 2 heteroatoms. The van der Waals surface area contributed by atoms with E-state index in [1.165, 1.54) is 10.8 Å². The lowest BCUT2D eigenvalue weighted by Crippen LogP contribution is -1.93. The lowest BCUT2D eigenvalue weighted by molar-refractivity contribution is 1.05. The highest BCUT2D eigenvalue weighted by atomic mass is 14.9. The largest absolute Gasteiger partial charge is 0.238 e. The number of aryl methyl sites for hydroxylation is 2. The topological polar surface area (TPSA) is 25.8 Å². The third-order valence-electron chi connectivity index (χ3n) is 2.87. The number of benzene rings is 2. The van der Waals surface area contributed by atoms with Gasteiger partial charge in [0.05, 0.1) is 5.52 Å². The van der Waals surface area contributed by atoms with Crippen molar-refractivity contribution in [3.8, 4) is 0 Å². The summed E-state index contributed by atoms with van der Waals surface area (Å²) in [5.41, 5.74) is 2.08. The molecule has 3 aromatic rings. The number of hydrogen-bond donors (Lipinski definition) is 0. The highest BCUT2D eigenvalue weighted by Gasteiger charge is 2.03. The van der Waals surface area contributed by atoms with E-state index in [1.807, 2.05) is 13.8 Å². The van der Waals surface area contributed by atoms with Crippen molar-refractivity contribution in [3.05, 3.63) is 47.9 Å². The van der Waals surface area contributed by atoms with Crippen LogP contribution in [-0.2, 0) is 0 Å². The van der Waals surface area contributed by atoms with Crippen LogP contribution in [-0.4, -0.2) is 9.97 Å². The smallest absolute Gasteiger partial charge is 0.126 e. The second-order valence-electron chi connectivity index (χ2n) is 4.07. The van der Waals surface area contributed by atoms with E-state index in [9.17, 15) is 0 Å². The molecule has 1 heterocycles. The summed E-state index contributed by atoms with van der Waals surface area (Å²) in [7, 11) is 0. The molecular weight excluding hydrogens is 196 g/mol. The minimum Gasteiger partial charge on any atom is -0.238 e. The molecule has 0 N–H and O–H groups in total. The molecule has 0 spiro atoms. The number of nitrogens with zero attached hydrogens (tertiary/aromatic N) is 2. The van der Waals surface area contributed by atoms with Crippen molar-refractivity contribution in [2.24, 2.45) is 0 Å². The predicted octanol–water partition coefficient (Wildman–Crippen LogP) is 3.40. The molecule has 0 fully saturated rings. The van der Waals surface area contributed by atoms with Gasteiger partial charge in [0, 0.05) is 11.1 Å². The Balaban J connectivity index is 2.51. The van der Waals surface area contributed by atoms with E-state index in [4.69, 9.17) is 0 Å². The van der Waals surface area contributed by atoms with Gasteiger partial charge in [-0.25, -0.2) is 9.97 Å². The fourth-order valence-electron chi connectivity index (χ4n) is 2.11. The Hall–Kier alpha value is -1.96. The maximum atomic E-state index is 4.48. The Kier molecular flexibility index (Phi) is 1.90. The van der Waals surface area contributed by atoms with E-state index in [-0.39, 0.29) is 0 Å². The normalized spacial score (nSPS) is 11.1. The molecule has 3 rings (SSSR count). The fraction of sp³-hybridized carbons (Fsp3) is 0.143. The monoisotopic (exact) mass is 208 g/mol. The lowest BCUT2D eigenvalue weighted by Gasteiger charge is -2.04. The van der Waals surface area contributed by atoms with Gasteiger partial charge in [-0.2, -0.15) is 0 Å². The number of fused-ring (bicyclic) bond motifs is 2. The van der Waals surface area contributed by atoms with Crippen LogP contribution in [0, 0.1) is 13.8 Å². The van der Waals surface area contributed by atoms with Gasteiger partial charge in [0.2, 0.25) is 0 Å². The maximum Gasteiger partial charge on any atom is 0.126 e. The van der Waals surface area contributed by atoms with Crippen molar-refractivity contribution >= 4 is 21.7 Å². The van der Waals surface area contributed by atoms with Gasteiger partial charge in [-0.1, -0.05) is 24.3 Å². The second-order valence-corrected chi connectivity index (χ2v) is 4.07. The van der Waals surface area contributed by atoms with Crippen molar-refractivity contribution in [1.82, 2.24) is 9.97 Å². The molecule has 0 amide bonds. The zero-order chi connectivity index (χ0) is 11.1. The second kappa shape index (κ2) is 3.27. The van der Waals surface area contributed by atoms with Gasteiger partial charge in [0.1, 0.15) is 5.82 Å². The molecule has 78 valence electrons. The molecule has 0 aliphatic heterocycles. The first kappa shape index (κ1) is 9.28. The van der Waals surface area contributed by atoms with Crippen molar-refractivity contribution in [2.75, 3.05) is 0 Å². The summed E-state index contributed by atoms with van der Waals surface area (Å²) in [5, 5.41) is 3.61. The lowest BCUT2D eigenvalue weighted by atomic mass is 10.1. The van der Waals surface area contributed by atoms with Crippen molar-refractivity contribution < 1.29 is 0 Å². The van der Waals surface area contributed by atoms with Crippen molar-refractivity contribution in [1.29, 1.82) is 0 Å². The Morgan fingerprint density at radius 3 is 2.31 bits per heavy atom. The fourth-order valence-corrected chi connectivity index (χ4v) is 2.11. The average Bonchev–Trinajstić information content (AvgIpc) is 2.27. The van der Waals surface area contributed by atoms with Crippen LogP contribution in [0.4, 0.5) is 0 Å². The Bertz CT molecular complexity index is 687. The molecule has 0 bridgehead atoms. The SMILES string of the molecule is Cc1nc(C)c2cc3ccccc3cc2n1. The molecule has 0 aliphatic rings. The van der Waals surface area contributed by atoms with Crippen LogP contribution in [0.25, 0.3) is 21.7 Å². The number of rotatable bonds is 0. The summed E-state index contributed by atoms with van der Waals surface area (Å²) in [5.74, 6) is 0.834. The standard InChI is InChI=1S/C14H12N2/c1-9-13-7-11-5-3-4-6-12(11)8-14(13)16-10(2)15-9/h3-8H,1-2H3. The summed E-state index contributed by atoms with van der Waals surface area (Å²) in [6.45, 7) is 3.97. The van der Waals surface area contributed by atoms with E-state index in [0.717, 1.165) is 22.4 Å². The van der Waals surface area contributed by atoms with Crippen LogP contribution in [0.15, 0.2) is 36.4 Å². The van der Waals surface area contributed by atoms with Crippen LogP contribution in [0.3, 0.4) is 0 Å². The average molecular weight is 208 g/mol. The van der Waals surface area contributed by atoms with Gasteiger partial charge in [-0.3, -0.25) is 0 Å². The molecule has 0 saturated carbocycles. The van der Waals surface area contributed by atoms with Gasteiger partial charge < -0.3 is 0 Å². The molecule has 0 atom stereocenters. The van der Waals surface area contributed by atoms with Crippen molar-refractivity contribution in [3.63, 3.8) is 0 Å². The van der Waals surface area contributed by atoms with E-state index < -0.39 is 0 Å². The Morgan fingerprint density at radius 1 is 0.875 bits per heavy atom. The molecule has 1 aromatic heterocycles. The molecule has 0 unspecified atom stereocenters. The Morgan fingerprint density at radius 2 is 1.56 bits per heavy atom. The highest BCUT2D eigenvalue weighted by Crippen LogP contribution is 2.22. The summed E-state index contributed by atoms with van der Waals surface area (Å²) in [4.78, 5) is 8.87. The summed E-state index contributed by atoms with van der Waals surface area (Å²) < 4.78 is 0. The maximum absolute atomic E-state index is 4.48. The van der Waals surface area contributed by atoms with E-state index in [0.29, 0.717) is 0 Å². The van der Waals surface area contributed by atoms with Gasteiger partial charge in [-0.15, -0.1) is 0 Å². The van der Waals surface area contributed by atoms with Crippen molar-refractivity contribution in [2.45, 2.75) is 13.8 Å². The minimum atomic E-state index is 0.834. The Labute approximate surface area is 94.0 Å². The van der Waals surface area contributed by atoms with E-state index in [2.05, 4.69) is 46.4 Å². The summed E-state index contributed by atoms with van der Waals surface area (Å²) >= 11 is 0. The number of aromatic nitrogens is 2. The molecule has 2 nitrogen and oxygen atoms in total. The van der Waals surface area contributed by atoms with Crippen LogP contribution < -0.4 is 0 Å². The molecule has 0 aliphatic carbocycles. The van der Waals surface area contributed by atoms with Gasteiger partial charge in [0.15, 0.2) is 0 Å². The van der Waals surface area contributed by atoms with Gasteiger partial charge in [-0.05, 0) is 36.8 Å². The molecular formula is C14H12N2. The molecule has 2 aromatic carbocycles. The van der Waals surface area contributed by atoms with E-state index in [1.54, 1.807) is 0 Å². The zero-order valence-electron chi connectivity index (χ0n) is 9.36. The summed E-state index contributed by atoms with van der Waals surface area (Å²) in [6, 6.07) is 12.6. The highest BCUT2D eigenvalue weighted by molar-refractivity contribution is 5.97. The van der Waals surface area contributed by atoms with E-state index >= 15 is 0 Å². The first-order chi connectivity index (χ1) is 7.74. The van der Waals surface area contributed by atoms with Crippen LogP contribution >= 0.6 is 0 Å². The van der Waals surface area contributed by atoms with Gasteiger partial charge >= 0.3 is 0 Å². The third-order valence-corrected chi connectivity index (χ3v) is 2.87. The zero-order valence-corrected chi connectivity index (χ0v) is 9.36. The predicted molar refractivity (Wildman–Crippen MR) is 66.5 cm³/mol. The molecule has 16 heavy (non-hydrogen) atoms. The first-order valence-corrected chi connectivity index (χ1v) is 5.38. The minimum absolute atomic E-state index is 0.834. The van der Waals surface area contributed by atoms with Crippen LogP contribution in [0.1, 0.15) is 11.5 Å². The van der Waals surface area contributed by atoms with Gasteiger partial charge in [0.25, 0.3) is 0 Å². The van der Waals surface area contributed by atoms with Crippen LogP contribution in [0.5, 0.6) is 0 Å². The number of hydrogen-bond acceptors (Lipinski definition) is 2. The quantitative estimate of drug-likeness (QED) is 0.529.